The molecule has 0 aliphatic carbocycles. The van der Waals surface area contributed by atoms with E-state index in [2.05, 4.69) is 28.5 Å². The van der Waals surface area contributed by atoms with Crippen LogP contribution >= 0.6 is 11.3 Å². The Labute approximate surface area is 126 Å². The predicted octanol–water partition coefficient (Wildman–Crippen LogP) is 3.98. The van der Waals surface area contributed by atoms with Crippen molar-refractivity contribution in [1.29, 1.82) is 0 Å². The highest BCUT2D eigenvalue weighted by molar-refractivity contribution is 7.15. The molecule has 0 fully saturated rings. The van der Waals surface area contributed by atoms with E-state index in [-0.39, 0.29) is 6.42 Å². The minimum absolute atomic E-state index is 0.0146. The fourth-order valence-corrected chi connectivity index (χ4v) is 3.20. The third kappa shape index (κ3) is 2.87. The molecule has 2 N–H and O–H groups in total. The fourth-order valence-electron chi connectivity index (χ4n) is 2.23. The predicted molar refractivity (Wildman–Crippen MR) is 85.4 cm³/mol. The van der Waals surface area contributed by atoms with Gasteiger partial charge in [0.1, 0.15) is 0 Å². The van der Waals surface area contributed by atoms with Gasteiger partial charge in [0, 0.05) is 16.0 Å². The summed E-state index contributed by atoms with van der Waals surface area (Å²) in [5, 5.41) is 15.2. The Balaban J connectivity index is 1.94. The second-order valence-corrected chi connectivity index (χ2v) is 5.83. The van der Waals surface area contributed by atoms with Crippen LogP contribution in [0.5, 0.6) is 0 Å². The van der Waals surface area contributed by atoms with Crippen LogP contribution < -0.4 is 5.32 Å². The van der Waals surface area contributed by atoms with Crippen LogP contribution in [0.2, 0.25) is 0 Å². The lowest BCUT2D eigenvalue weighted by Crippen LogP contribution is -1.99. The zero-order chi connectivity index (χ0) is 14.8. The summed E-state index contributed by atoms with van der Waals surface area (Å²) in [5.41, 5.74) is 1.74. The van der Waals surface area contributed by atoms with Gasteiger partial charge in [-0.1, -0.05) is 36.4 Å². The van der Waals surface area contributed by atoms with E-state index in [0.29, 0.717) is 0 Å². The van der Waals surface area contributed by atoms with Crippen molar-refractivity contribution in [3.05, 3.63) is 53.0 Å². The highest BCUT2D eigenvalue weighted by Crippen LogP contribution is 2.30. The first-order valence-electron chi connectivity index (χ1n) is 6.56. The Morgan fingerprint density at radius 2 is 2.00 bits per heavy atom. The van der Waals surface area contributed by atoms with Gasteiger partial charge in [-0.15, -0.1) is 11.3 Å². The number of aliphatic carboxylic acids is 1. The third-order valence-corrected chi connectivity index (χ3v) is 4.31. The van der Waals surface area contributed by atoms with Crippen molar-refractivity contribution in [2.75, 3.05) is 5.32 Å². The topological polar surface area (TPSA) is 62.2 Å². The van der Waals surface area contributed by atoms with E-state index >= 15 is 0 Å². The minimum Gasteiger partial charge on any atom is -0.481 e. The number of carbonyl (C=O) groups is 1. The van der Waals surface area contributed by atoms with Gasteiger partial charge in [-0.2, -0.15) is 0 Å². The molecule has 21 heavy (non-hydrogen) atoms. The Morgan fingerprint density at radius 3 is 2.81 bits per heavy atom. The van der Waals surface area contributed by atoms with Crippen molar-refractivity contribution in [2.24, 2.45) is 0 Å². The van der Waals surface area contributed by atoms with Gasteiger partial charge in [-0.25, -0.2) is 4.98 Å². The van der Waals surface area contributed by atoms with Crippen molar-refractivity contribution >= 4 is 38.9 Å². The highest BCUT2D eigenvalue weighted by Gasteiger charge is 2.11. The molecular weight excluding hydrogens is 284 g/mol. The van der Waals surface area contributed by atoms with Crippen molar-refractivity contribution in [3.8, 4) is 0 Å². The van der Waals surface area contributed by atoms with Crippen LogP contribution in [-0.2, 0) is 11.2 Å². The van der Waals surface area contributed by atoms with Gasteiger partial charge in [0.15, 0.2) is 5.13 Å². The number of carboxylic acid groups (broad SMARTS) is 1. The molecule has 106 valence electrons. The molecule has 3 aromatic rings. The van der Waals surface area contributed by atoms with E-state index in [1.807, 2.05) is 31.2 Å². The molecule has 1 heterocycles. The number of benzene rings is 2. The molecule has 0 unspecified atom stereocenters. The Kier molecular flexibility index (Phi) is 3.58. The van der Waals surface area contributed by atoms with Crippen LogP contribution in [0.1, 0.15) is 10.6 Å². The standard InChI is InChI=1S/C16H14N2O2S/c1-10-14(9-15(19)20)21-16(17-10)18-13-8-4-6-11-5-2-3-7-12(11)13/h2-8H,9H2,1H3,(H,17,18)(H,19,20). The van der Waals surface area contributed by atoms with Crippen LogP contribution in [0, 0.1) is 6.92 Å². The van der Waals surface area contributed by atoms with E-state index in [9.17, 15) is 4.79 Å². The number of thiazole rings is 1. The molecule has 0 aliphatic heterocycles. The lowest BCUT2D eigenvalue weighted by molar-refractivity contribution is -0.136. The largest absolute Gasteiger partial charge is 0.481 e. The van der Waals surface area contributed by atoms with Gasteiger partial charge in [0.05, 0.1) is 12.1 Å². The van der Waals surface area contributed by atoms with Crippen molar-refractivity contribution in [1.82, 2.24) is 4.98 Å². The van der Waals surface area contributed by atoms with Gasteiger partial charge in [-0.3, -0.25) is 4.79 Å². The first-order chi connectivity index (χ1) is 10.1. The van der Waals surface area contributed by atoms with Crippen LogP contribution in [0.4, 0.5) is 10.8 Å². The van der Waals surface area contributed by atoms with Gasteiger partial charge in [-0.05, 0) is 18.4 Å². The molecule has 0 amide bonds. The zero-order valence-electron chi connectivity index (χ0n) is 11.5. The van der Waals surface area contributed by atoms with Gasteiger partial charge in [0.25, 0.3) is 0 Å². The molecule has 4 nitrogen and oxygen atoms in total. The van der Waals surface area contributed by atoms with Crippen LogP contribution in [-0.4, -0.2) is 16.1 Å². The normalized spacial score (nSPS) is 10.7. The Bertz CT molecular complexity index is 806. The van der Waals surface area contributed by atoms with Crippen LogP contribution in [0.15, 0.2) is 42.5 Å². The molecule has 1 aromatic heterocycles. The summed E-state index contributed by atoms with van der Waals surface area (Å²) >= 11 is 1.39. The monoisotopic (exact) mass is 298 g/mol. The summed E-state index contributed by atoms with van der Waals surface area (Å²) in [6, 6.07) is 14.2. The maximum Gasteiger partial charge on any atom is 0.308 e. The SMILES string of the molecule is Cc1nc(Nc2cccc3ccccc23)sc1CC(=O)O. The molecule has 0 saturated heterocycles. The molecule has 5 heteroatoms. The summed E-state index contributed by atoms with van der Waals surface area (Å²) in [6.07, 6.45) is 0.0146. The quantitative estimate of drug-likeness (QED) is 0.765. The average Bonchev–Trinajstić information content (AvgIpc) is 2.78. The van der Waals surface area contributed by atoms with E-state index in [1.165, 1.54) is 11.3 Å². The fraction of sp³-hybridized carbons (Fsp3) is 0.125. The number of nitrogens with zero attached hydrogens (tertiary/aromatic N) is 1. The zero-order valence-corrected chi connectivity index (χ0v) is 12.3. The highest BCUT2D eigenvalue weighted by atomic mass is 32.1. The second kappa shape index (κ2) is 5.54. The number of anilines is 2. The molecule has 0 radical (unpaired) electrons. The molecule has 0 aliphatic rings. The summed E-state index contributed by atoms with van der Waals surface area (Å²) in [6.45, 7) is 1.84. The number of rotatable bonds is 4. The maximum absolute atomic E-state index is 10.8. The smallest absolute Gasteiger partial charge is 0.308 e. The molecule has 0 spiro atoms. The number of hydrogen-bond acceptors (Lipinski definition) is 4. The Hall–Kier alpha value is -2.40. The first-order valence-corrected chi connectivity index (χ1v) is 7.38. The van der Waals surface area contributed by atoms with Gasteiger partial charge >= 0.3 is 5.97 Å². The van der Waals surface area contributed by atoms with E-state index in [1.54, 1.807) is 0 Å². The van der Waals surface area contributed by atoms with E-state index in [0.717, 1.165) is 32.2 Å². The minimum atomic E-state index is -0.835. The second-order valence-electron chi connectivity index (χ2n) is 4.75. The molecule has 3 rings (SSSR count). The third-order valence-electron chi connectivity index (χ3n) is 3.24. The molecule has 0 saturated carbocycles. The number of aromatic nitrogens is 1. The van der Waals surface area contributed by atoms with Crippen molar-refractivity contribution < 1.29 is 9.90 Å². The maximum atomic E-state index is 10.8. The van der Waals surface area contributed by atoms with Gasteiger partial charge in [0.2, 0.25) is 0 Å². The van der Waals surface area contributed by atoms with E-state index < -0.39 is 5.97 Å². The van der Waals surface area contributed by atoms with Gasteiger partial charge < -0.3 is 10.4 Å². The van der Waals surface area contributed by atoms with Crippen LogP contribution in [0.3, 0.4) is 0 Å². The number of nitrogens with one attached hydrogen (secondary N) is 1. The van der Waals surface area contributed by atoms with Crippen molar-refractivity contribution in [2.45, 2.75) is 13.3 Å². The summed E-state index contributed by atoms with van der Waals surface area (Å²) in [4.78, 5) is 16.0. The lowest BCUT2D eigenvalue weighted by Gasteiger charge is -2.06. The number of hydrogen-bond donors (Lipinski definition) is 2. The summed E-state index contributed by atoms with van der Waals surface area (Å²) in [5.74, 6) is -0.835. The lowest BCUT2D eigenvalue weighted by atomic mass is 10.1. The van der Waals surface area contributed by atoms with Crippen molar-refractivity contribution in [3.63, 3.8) is 0 Å². The first kappa shape index (κ1) is 13.6. The summed E-state index contributed by atoms with van der Waals surface area (Å²) < 4.78 is 0. The molecule has 0 bridgehead atoms. The van der Waals surface area contributed by atoms with Crippen LogP contribution in [0.25, 0.3) is 10.8 Å². The average molecular weight is 298 g/mol. The molecular formula is C16H14N2O2S. The summed E-state index contributed by atoms with van der Waals surface area (Å²) in [7, 11) is 0. The number of aryl methyl sites for hydroxylation is 1. The number of fused-ring (bicyclic) bond motifs is 1. The molecule has 2 aromatic carbocycles. The molecule has 0 atom stereocenters. The van der Waals surface area contributed by atoms with E-state index in [4.69, 9.17) is 5.11 Å². The Morgan fingerprint density at radius 1 is 1.24 bits per heavy atom. The number of carboxylic acids is 1.